The minimum atomic E-state index is -4.98. The van der Waals surface area contributed by atoms with Gasteiger partial charge in [0.1, 0.15) is 75.4 Å². The van der Waals surface area contributed by atoms with Crippen LogP contribution in [0.3, 0.4) is 0 Å². The number of H-pyrrole nitrogens is 2. The van der Waals surface area contributed by atoms with Crippen molar-refractivity contribution < 1.29 is 143 Å². The summed E-state index contributed by atoms with van der Waals surface area (Å²) in [6.07, 6.45) is -39.8. The highest BCUT2D eigenvalue weighted by Crippen LogP contribution is 2.42. The average Bonchev–Trinajstić information content (AvgIpc) is 1.59. The number of benzene rings is 4. The molecule has 9 rings (SSSR count). The number of rotatable bonds is 24. The van der Waals surface area contributed by atoms with Crippen LogP contribution in [0.15, 0.2) is 48.5 Å². The zero-order valence-electron chi connectivity index (χ0n) is 48.0. The van der Waals surface area contributed by atoms with Gasteiger partial charge in [0.15, 0.2) is 23.3 Å². The van der Waals surface area contributed by atoms with Crippen LogP contribution in [0.5, 0.6) is 0 Å². The summed E-state index contributed by atoms with van der Waals surface area (Å²) >= 11 is 0. The first kappa shape index (κ1) is 72.5. The molecular weight excluding hydrogens is 1370 g/mol. The second-order valence-electron chi connectivity index (χ2n) is 21.1. The van der Waals surface area contributed by atoms with E-state index in [0.29, 0.717) is 0 Å². The molecule has 0 unspecified atom stereocenters. The number of hydrogen-bond acceptors (Lipinski definition) is 14. The van der Waals surface area contributed by atoms with Crippen molar-refractivity contribution in [3.05, 3.63) is 93.0 Å². The number of aromatic nitrogens is 8. The topological polar surface area (TPSA) is 183 Å². The molecular formula is C56H42F24N8O8. The largest absolute Gasteiger partial charge is 0.411 e. The van der Waals surface area contributed by atoms with Crippen LogP contribution < -0.4 is 0 Å². The minimum Gasteiger partial charge on any atom is -0.367 e. The lowest BCUT2D eigenvalue weighted by Gasteiger charge is -2.15. The number of nitrogens with one attached hydrogen (secondary N) is 2. The minimum absolute atomic E-state index is 0.232. The number of alkyl halides is 24. The number of halogens is 24. The normalized spacial score (nSPS) is 13.6. The van der Waals surface area contributed by atoms with E-state index in [-0.39, 0.29) is 88.3 Å². The Kier molecular flexibility index (Phi) is 21.1. The van der Waals surface area contributed by atoms with Gasteiger partial charge in [0.25, 0.3) is 0 Å². The van der Waals surface area contributed by atoms with E-state index >= 15 is 0 Å². The fraction of sp³-hybridized carbons (Fsp3) is 0.429. The molecule has 2 aliphatic rings. The summed E-state index contributed by atoms with van der Waals surface area (Å²) in [6.45, 7) is -23.5. The lowest BCUT2D eigenvalue weighted by Crippen LogP contribution is -2.18. The molecule has 3 aromatic heterocycles. The van der Waals surface area contributed by atoms with E-state index in [4.69, 9.17) is 37.9 Å². The molecule has 0 radical (unpaired) electrons. The predicted molar refractivity (Wildman–Crippen MR) is 282 cm³/mol. The highest BCUT2D eigenvalue weighted by molar-refractivity contribution is 6.07. The first-order chi connectivity index (χ1) is 44.5. The van der Waals surface area contributed by atoms with Crippen molar-refractivity contribution in [1.29, 1.82) is 0 Å². The van der Waals surface area contributed by atoms with E-state index in [9.17, 15) is 105 Å². The summed E-state index contributed by atoms with van der Waals surface area (Å²) in [5.74, 6) is -2.20. The van der Waals surface area contributed by atoms with Gasteiger partial charge in [-0.15, -0.1) is 0 Å². The maximum atomic E-state index is 13.5. The molecule has 0 saturated heterocycles. The predicted octanol–water partition coefficient (Wildman–Crippen LogP) is 15.5. The number of nitrogens with zero attached hydrogens (tertiary/aromatic N) is 6. The van der Waals surface area contributed by atoms with Crippen molar-refractivity contribution in [1.82, 2.24) is 39.9 Å². The Morgan fingerprint density at radius 2 is 0.365 bits per heavy atom. The van der Waals surface area contributed by atoms with Gasteiger partial charge in [-0.05, 0) is 93.0 Å². The average molecular weight is 1410 g/mol. The molecule has 522 valence electrons. The van der Waals surface area contributed by atoms with Crippen molar-refractivity contribution >= 4 is 44.1 Å². The third kappa shape index (κ3) is 20.2. The molecule has 16 nitrogen and oxygen atoms in total. The van der Waals surface area contributed by atoms with Crippen molar-refractivity contribution in [2.45, 2.75) is 102 Å². The van der Waals surface area contributed by atoms with Crippen LogP contribution in [0.4, 0.5) is 105 Å². The SMILES string of the molecule is FC(F)(F)COCc1cc2c(cc1COCC(F)(F)F)-c1nc-2nc2[nH]c(nc3nc(nc4[nH]c(n1)c1cc(COCC(F)(F)F)c(COCC(F)(F)F)cc41)-c1cc(COCC(F)(F)F)c(COCC(F)(F)F)cc1-3)c1cc(COCC(F)(F)F)c(COCC(F)(F)F)cc21. The molecule has 5 heterocycles. The smallest absolute Gasteiger partial charge is 0.367 e. The molecule has 2 N–H and O–H groups in total. The van der Waals surface area contributed by atoms with E-state index in [0.717, 1.165) is 48.5 Å². The quantitative estimate of drug-likeness (QED) is 0.0545. The van der Waals surface area contributed by atoms with Crippen LogP contribution in [0.25, 0.3) is 89.7 Å². The summed E-state index contributed by atoms with van der Waals surface area (Å²) in [4.78, 5) is 33.2. The van der Waals surface area contributed by atoms with Gasteiger partial charge < -0.3 is 47.9 Å². The van der Waals surface area contributed by atoms with Gasteiger partial charge in [0.05, 0.1) is 52.9 Å². The summed E-state index contributed by atoms with van der Waals surface area (Å²) < 4.78 is 363. The highest BCUT2D eigenvalue weighted by Gasteiger charge is 2.35. The van der Waals surface area contributed by atoms with Gasteiger partial charge in [-0.2, -0.15) is 105 Å². The van der Waals surface area contributed by atoms with Gasteiger partial charge in [-0.25, -0.2) is 29.9 Å². The van der Waals surface area contributed by atoms with Crippen LogP contribution in [0.2, 0.25) is 0 Å². The molecule has 0 saturated carbocycles. The van der Waals surface area contributed by atoms with Crippen LogP contribution in [0.1, 0.15) is 44.5 Å². The van der Waals surface area contributed by atoms with Gasteiger partial charge in [-0.1, -0.05) is 0 Å². The maximum Gasteiger partial charge on any atom is 0.411 e. The third-order valence-corrected chi connectivity index (χ3v) is 13.3. The fourth-order valence-corrected chi connectivity index (χ4v) is 9.62. The molecule has 2 aliphatic heterocycles. The van der Waals surface area contributed by atoms with Crippen LogP contribution in [-0.2, 0) is 90.7 Å². The van der Waals surface area contributed by atoms with E-state index in [1.165, 1.54) is 0 Å². The molecule has 7 aromatic rings. The molecule has 0 fully saturated rings. The lowest BCUT2D eigenvalue weighted by atomic mass is 9.99. The molecule has 4 aromatic carbocycles. The van der Waals surface area contributed by atoms with Crippen LogP contribution in [-0.4, -0.2) is 142 Å². The third-order valence-electron chi connectivity index (χ3n) is 13.3. The van der Waals surface area contributed by atoms with Crippen molar-refractivity contribution in [3.8, 4) is 45.6 Å². The van der Waals surface area contributed by atoms with Gasteiger partial charge in [-0.3, -0.25) is 0 Å². The Bertz CT molecular complexity index is 3630. The van der Waals surface area contributed by atoms with Crippen LogP contribution >= 0.6 is 0 Å². The molecule has 0 aliphatic carbocycles. The summed E-state index contributed by atoms with van der Waals surface area (Å²) in [6, 6.07) is 8.35. The Morgan fingerprint density at radius 3 is 0.510 bits per heavy atom. The second kappa shape index (κ2) is 28.0. The molecule has 0 amide bonds. The standard InChI is InChI=1S/C56H42F24N8O8/c57-49(58,59)17-89-9-25-1-33-34(2-26(25)10-90-18-50(60,61)62)42-81-41(33)85-43-35-3-27(11-91-19-51(63,64)65)28(12-92-20-52(66,67)68)4-36(35)45(82-43)87-47-39-7-31(15-95-23-55(75,76)77)32(16-96-24-56(78,79)80)8-40(39)48(84-47)88-46-38-6-30(14-94-22-54(72,73)74)29(13-93-21-53(69,70)71)5-37(38)44(83-46)86-42/h1-8H,9-24H2,(H2,81,82,83,84,85,86,87,88). The monoisotopic (exact) mass is 1410 g/mol. The van der Waals surface area contributed by atoms with Crippen molar-refractivity contribution in [3.63, 3.8) is 0 Å². The molecule has 0 spiro atoms. The summed E-state index contributed by atoms with van der Waals surface area (Å²) in [7, 11) is 0. The fourth-order valence-electron chi connectivity index (χ4n) is 9.62. The number of fused-ring (bicyclic) bond motifs is 20. The Hall–Kier alpha value is -7.76. The molecule has 40 heteroatoms. The van der Waals surface area contributed by atoms with Gasteiger partial charge >= 0.3 is 49.4 Å². The van der Waals surface area contributed by atoms with Crippen LogP contribution in [0, 0.1) is 0 Å². The van der Waals surface area contributed by atoms with Crippen molar-refractivity contribution in [2.24, 2.45) is 0 Å². The Labute approximate surface area is 520 Å². The Balaban J connectivity index is 1.42. The summed E-state index contributed by atoms with van der Waals surface area (Å²) in [5.41, 5.74) is -5.36. The Morgan fingerprint density at radius 1 is 0.219 bits per heavy atom. The van der Waals surface area contributed by atoms with Gasteiger partial charge in [0, 0.05) is 43.8 Å². The first-order valence-corrected chi connectivity index (χ1v) is 27.1. The summed E-state index contributed by atoms with van der Waals surface area (Å²) in [5, 5.41) is -0.927. The van der Waals surface area contributed by atoms with Gasteiger partial charge in [0.2, 0.25) is 0 Å². The van der Waals surface area contributed by atoms with E-state index < -0.39 is 201 Å². The van der Waals surface area contributed by atoms with E-state index in [1.807, 2.05) is 0 Å². The van der Waals surface area contributed by atoms with E-state index in [1.54, 1.807) is 0 Å². The zero-order valence-corrected chi connectivity index (χ0v) is 48.0. The number of hydrogen-bond donors (Lipinski definition) is 2. The van der Waals surface area contributed by atoms with Crippen molar-refractivity contribution in [2.75, 3.05) is 52.9 Å². The second-order valence-corrected chi connectivity index (χ2v) is 21.1. The first-order valence-electron chi connectivity index (χ1n) is 27.1. The lowest BCUT2D eigenvalue weighted by molar-refractivity contribution is -0.178. The maximum absolute atomic E-state index is 13.5. The highest BCUT2D eigenvalue weighted by atomic mass is 19.4. The van der Waals surface area contributed by atoms with E-state index in [2.05, 4.69) is 39.9 Å². The zero-order chi connectivity index (χ0) is 70.1. The molecule has 0 atom stereocenters. The number of ether oxygens (including phenoxy) is 8. The molecule has 8 bridgehead atoms. The number of aromatic amines is 2. The molecule has 96 heavy (non-hydrogen) atoms.